The first-order valence-corrected chi connectivity index (χ1v) is 22.0. The second-order valence-electron chi connectivity index (χ2n) is 13.8. The summed E-state index contributed by atoms with van der Waals surface area (Å²) in [6, 6.07) is 23.4. The Balaban J connectivity index is 0.926. The molecule has 2 heterocycles. The lowest BCUT2D eigenvalue weighted by Crippen LogP contribution is -2.50. The van der Waals surface area contributed by atoms with Gasteiger partial charge < -0.3 is 20.1 Å². The van der Waals surface area contributed by atoms with Crippen molar-refractivity contribution in [2.45, 2.75) is 47.8 Å². The van der Waals surface area contributed by atoms with Gasteiger partial charge in [-0.2, -0.15) is 10.2 Å². The highest BCUT2D eigenvalue weighted by Crippen LogP contribution is 2.27. The van der Waals surface area contributed by atoms with E-state index in [1.54, 1.807) is 72.8 Å². The number of hydrogen-bond donors (Lipinski definition) is 4. The first-order chi connectivity index (χ1) is 28.7. The Morgan fingerprint density at radius 1 is 0.633 bits per heavy atom. The van der Waals surface area contributed by atoms with Crippen molar-refractivity contribution in [3.8, 4) is 11.4 Å². The number of sulfonamides is 2. The van der Waals surface area contributed by atoms with Gasteiger partial charge in [0.1, 0.15) is 9.79 Å². The van der Waals surface area contributed by atoms with E-state index < -0.39 is 32.0 Å². The molecule has 312 valence electrons. The van der Waals surface area contributed by atoms with Crippen molar-refractivity contribution in [1.82, 2.24) is 30.2 Å². The summed E-state index contributed by atoms with van der Waals surface area (Å²) in [7, 11) is -5.80. The summed E-state index contributed by atoms with van der Waals surface area (Å²) in [4.78, 5) is 25.3. The first-order valence-electron chi connectivity index (χ1n) is 18.3. The summed E-state index contributed by atoms with van der Waals surface area (Å²) in [6.45, 7) is 0.814. The van der Waals surface area contributed by atoms with Gasteiger partial charge in [-0.25, -0.2) is 35.8 Å². The van der Waals surface area contributed by atoms with Crippen LogP contribution < -0.4 is 20.1 Å². The Bertz CT molecular complexity index is 2570. The maximum absolute atomic E-state index is 13.3. The summed E-state index contributed by atoms with van der Waals surface area (Å²) in [5.41, 5.74) is 2.93. The van der Waals surface area contributed by atoms with Crippen molar-refractivity contribution in [1.29, 1.82) is 0 Å². The van der Waals surface area contributed by atoms with Crippen LogP contribution in [0.5, 0.6) is 0 Å². The number of hydrogen-bond acceptors (Lipinski definition) is 12. The lowest BCUT2D eigenvalue weighted by atomic mass is 9.86. The Morgan fingerprint density at radius 2 is 1.02 bits per heavy atom. The van der Waals surface area contributed by atoms with E-state index >= 15 is 0 Å². The highest BCUT2D eigenvalue weighted by Gasteiger charge is 2.29. The number of nitrogens with one attached hydrogen (secondary N) is 4. The second-order valence-corrected chi connectivity index (χ2v) is 18.0. The molecule has 20 heteroatoms. The molecular formula is C40H38Cl2N8O8S2. The van der Waals surface area contributed by atoms with E-state index in [0.29, 0.717) is 34.5 Å². The number of halogens is 2. The number of anilines is 2. The van der Waals surface area contributed by atoms with Gasteiger partial charge in [-0.3, -0.25) is 9.44 Å². The van der Waals surface area contributed by atoms with Crippen LogP contribution in [0.1, 0.15) is 44.7 Å². The summed E-state index contributed by atoms with van der Waals surface area (Å²) >= 11 is 11.9. The lowest BCUT2D eigenvalue weighted by molar-refractivity contribution is 0.0593. The van der Waals surface area contributed by atoms with Gasteiger partial charge in [-0.1, -0.05) is 35.3 Å². The van der Waals surface area contributed by atoms with E-state index in [0.717, 1.165) is 24.0 Å². The highest BCUT2D eigenvalue weighted by atomic mass is 35.5. The molecule has 60 heavy (non-hydrogen) atoms. The van der Waals surface area contributed by atoms with E-state index in [-0.39, 0.29) is 44.4 Å². The fourth-order valence-corrected chi connectivity index (χ4v) is 8.65. The molecule has 1 saturated carbocycles. The van der Waals surface area contributed by atoms with Crippen LogP contribution in [0.3, 0.4) is 0 Å². The molecular weight excluding hydrogens is 856 g/mol. The average Bonchev–Trinajstić information content (AvgIpc) is 3.94. The Morgan fingerprint density at radius 3 is 1.38 bits per heavy atom. The van der Waals surface area contributed by atoms with Crippen molar-refractivity contribution in [3.05, 3.63) is 142 Å². The molecule has 6 aromatic rings. The quantitative estimate of drug-likeness (QED) is 0.0833. The zero-order valence-electron chi connectivity index (χ0n) is 32.0. The van der Waals surface area contributed by atoms with Crippen LogP contribution in [-0.2, 0) is 42.6 Å². The van der Waals surface area contributed by atoms with Gasteiger partial charge in [0.05, 0.1) is 72.9 Å². The average molecular weight is 894 g/mol. The Labute approximate surface area is 355 Å². The molecule has 0 aliphatic heterocycles. The lowest BCUT2D eigenvalue weighted by Gasteiger charge is -2.37. The molecule has 0 radical (unpaired) electrons. The zero-order chi connectivity index (χ0) is 42.6. The van der Waals surface area contributed by atoms with Crippen LogP contribution in [0.15, 0.2) is 120 Å². The molecule has 0 bridgehead atoms. The zero-order valence-corrected chi connectivity index (χ0v) is 35.1. The molecule has 4 aromatic carbocycles. The summed E-state index contributed by atoms with van der Waals surface area (Å²) in [5.74, 6) is -1.41. The van der Waals surface area contributed by atoms with E-state index in [2.05, 4.69) is 30.3 Å². The van der Waals surface area contributed by atoms with Gasteiger partial charge in [0.25, 0.3) is 20.0 Å². The largest absolute Gasteiger partial charge is 0.465 e. The second kappa shape index (κ2) is 17.8. The van der Waals surface area contributed by atoms with Gasteiger partial charge in [-0.05, 0) is 96.8 Å². The van der Waals surface area contributed by atoms with Crippen LogP contribution in [0, 0.1) is 0 Å². The standard InChI is InChI=1S/C40H38Cl2N8O8S2/c1-57-39(51)35-15-25(3-13-37(35)47-59(53,54)33-21-45-49(23-33)31-9-5-27(41)6-10-31)19-43-29-17-30(18-29)44-20-26-4-14-38(36(16-26)40(52)58-2)48-60(55,56)34-22-46-50(24-34)32-11-7-28(42)8-12-32/h3-16,21-24,29-30,43-44,47-48H,17-20H2,1-2H3. The third kappa shape index (κ3) is 9.81. The predicted octanol–water partition coefficient (Wildman–Crippen LogP) is 5.95. The normalized spacial score (nSPS) is 15.2. The molecule has 0 saturated heterocycles. The Hall–Kier alpha value is -5.76. The maximum Gasteiger partial charge on any atom is 0.340 e. The molecule has 16 nitrogen and oxygen atoms in total. The summed E-state index contributed by atoms with van der Waals surface area (Å²) in [5, 5.41) is 16.3. The highest BCUT2D eigenvalue weighted by molar-refractivity contribution is 7.93. The van der Waals surface area contributed by atoms with Crippen LogP contribution in [-0.4, -0.2) is 74.6 Å². The van der Waals surface area contributed by atoms with Crippen molar-refractivity contribution in [2.75, 3.05) is 23.7 Å². The number of carbonyl (C=O) groups is 2. The molecule has 0 unspecified atom stereocenters. The van der Waals surface area contributed by atoms with Gasteiger partial charge >= 0.3 is 11.9 Å². The van der Waals surface area contributed by atoms with Crippen LogP contribution in [0.2, 0.25) is 10.0 Å². The topological polar surface area (TPSA) is 205 Å². The van der Waals surface area contributed by atoms with Crippen molar-refractivity contribution in [3.63, 3.8) is 0 Å². The van der Waals surface area contributed by atoms with Crippen LogP contribution in [0.4, 0.5) is 11.4 Å². The smallest absolute Gasteiger partial charge is 0.340 e. The molecule has 1 aliphatic rings. The number of rotatable bonds is 16. The third-order valence-corrected chi connectivity index (χ3v) is 12.9. The monoisotopic (exact) mass is 892 g/mol. The fraction of sp³-hybridized carbons (Fsp3) is 0.200. The number of carbonyl (C=O) groups excluding carboxylic acids is 2. The number of methoxy groups -OCH3 is 2. The minimum absolute atomic E-state index is 0.0500. The van der Waals surface area contributed by atoms with Crippen molar-refractivity contribution < 1.29 is 35.9 Å². The minimum atomic E-state index is -4.12. The van der Waals surface area contributed by atoms with Gasteiger partial charge in [0.15, 0.2) is 0 Å². The van der Waals surface area contributed by atoms with Crippen LogP contribution in [0.25, 0.3) is 11.4 Å². The fourth-order valence-electron chi connectivity index (χ4n) is 6.38. The SMILES string of the molecule is COC(=O)c1cc(CNC2CC(NCc3ccc(NS(=O)(=O)c4cnn(-c5ccc(Cl)cc5)c4)c(C(=O)OC)c3)C2)ccc1NS(=O)(=O)c1cnn(-c2ccc(Cl)cc2)c1. The van der Waals surface area contributed by atoms with E-state index in [1.807, 2.05) is 0 Å². The predicted molar refractivity (Wildman–Crippen MR) is 225 cm³/mol. The van der Waals surface area contributed by atoms with Crippen molar-refractivity contribution in [2.24, 2.45) is 0 Å². The molecule has 4 N–H and O–H groups in total. The van der Waals surface area contributed by atoms with E-state index in [9.17, 15) is 26.4 Å². The number of aromatic nitrogens is 4. The molecule has 0 amide bonds. The minimum Gasteiger partial charge on any atom is -0.465 e. The number of benzene rings is 4. The molecule has 7 rings (SSSR count). The van der Waals surface area contributed by atoms with Gasteiger partial charge in [-0.15, -0.1) is 0 Å². The number of esters is 2. The van der Waals surface area contributed by atoms with Gasteiger partial charge in [0, 0.05) is 35.2 Å². The maximum atomic E-state index is 13.3. The summed E-state index contributed by atoms with van der Waals surface area (Å²) < 4.78 is 70.9. The summed E-state index contributed by atoms with van der Waals surface area (Å²) in [6.07, 6.45) is 6.71. The first kappa shape index (κ1) is 42.4. The number of ether oxygens (including phenoxy) is 2. The third-order valence-electron chi connectivity index (χ3n) is 9.72. The van der Waals surface area contributed by atoms with E-state index in [1.165, 1.54) is 60.5 Å². The number of nitrogens with zero attached hydrogens (tertiary/aromatic N) is 4. The van der Waals surface area contributed by atoms with Gasteiger partial charge in [0.2, 0.25) is 0 Å². The molecule has 2 aromatic heterocycles. The molecule has 0 spiro atoms. The molecule has 1 fully saturated rings. The van der Waals surface area contributed by atoms with E-state index in [4.69, 9.17) is 32.7 Å². The molecule has 1 aliphatic carbocycles. The Kier molecular flexibility index (Phi) is 12.6. The van der Waals surface area contributed by atoms with Crippen molar-refractivity contribution >= 4 is 66.6 Å². The molecule has 0 atom stereocenters. The van der Waals surface area contributed by atoms with Crippen LogP contribution >= 0.6 is 23.2 Å².